The lowest BCUT2D eigenvalue weighted by Gasteiger charge is -2.10. The average molecular weight is 244 g/mol. The van der Waals surface area contributed by atoms with E-state index in [0.29, 0.717) is 24.6 Å². The quantitative estimate of drug-likeness (QED) is 0.793. The molecule has 1 unspecified atom stereocenters. The van der Waals surface area contributed by atoms with E-state index in [0.717, 1.165) is 12.0 Å². The lowest BCUT2D eigenvalue weighted by Crippen LogP contribution is -2.27. The average Bonchev–Trinajstić information content (AvgIpc) is 2.42. The first-order valence-corrected chi connectivity index (χ1v) is 6.24. The minimum atomic E-state index is -0.0337. The summed E-state index contributed by atoms with van der Waals surface area (Å²) in [4.78, 5) is 11.8. The molecular formula is C15H20N2O. The van der Waals surface area contributed by atoms with Crippen LogP contribution in [0.15, 0.2) is 24.3 Å². The minimum absolute atomic E-state index is 0.0337. The number of nitrogens with two attached hydrogens (primary N) is 1. The Morgan fingerprint density at radius 2 is 2.06 bits per heavy atom. The smallest absolute Gasteiger partial charge is 0.251 e. The Kier molecular flexibility index (Phi) is 5.96. The molecule has 1 aromatic rings. The summed E-state index contributed by atoms with van der Waals surface area (Å²) in [5.41, 5.74) is 6.84. The van der Waals surface area contributed by atoms with Gasteiger partial charge in [-0.25, -0.2) is 0 Å². The molecule has 0 spiro atoms. The van der Waals surface area contributed by atoms with Gasteiger partial charge in [-0.15, -0.1) is 0 Å². The minimum Gasteiger partial charge on any atom is -0.352 e. The maximum atomic E-state index is 11.8. The van der Waals surface area contributed by atoms with Gasteiger partial charge in [0.15, 0.2) is 0 Å². The normalized spacial score (nSPS) is 11.3. The number of rotatable bonds is 4. The number of hydrogen-bond acceptors (Lipinski definition) is 2. The van der Waals surface area contributed by atoms with Crippen molar-refractivity contribution >= 4 is 5.91 Å². The van der Waals surface area contributed by atoms with Crippen LogP contribution >= 0.6 is 0 Å². The van der Waals surface area contributed by atoms with E-state index in [1.54, 1.807) is 12.1 Å². The highest BCUT2D eigenvalue weighted by Gasteiger charge is 2.06. The fraction of sp³-hybridized carbons (Fsp3) is 0.400. The molecule has 3 nitrogen and oxygen atoms in total. The summed E-state index contributed by atoms with van der Waals surface area (Å²) in [6.45, 7) is 5.29. The summed E-state index contributed by atoms with van der Waals surface area (Å²) in [5.74, 6) is 6.17. The molecule has 3 N–H and O–H groups in total. The van der Waals surface area contributed by atoms with E-state index in [2.05, 4.69) is 31.0 Å². The van der Waals surface area contributed by atoms with E-state index in [9.17, 15) is 4.79 Å². The van der Waals surface area contributed by atoms with Gasteiger partial charge < -0.3 is 11.1 Å². The first-order valence-electron chi connectivity index (χ1n) is 6.24. The Balaban J connectivity index is 2.59. The third-order valence-corrected chi connectivity index (χ3v) is 2.79. The van der Waals surface area contributed by atoms with Crippen molar-refractivity contribution in [3.05, 3.63) is 35.4 Å². The molecule has 18 heavy (non-hydrogen) atoms. The van der Waals surface area contributed by atoms with Crippen LogP contribution in [-0.4, -0.2) is 19.0 Å². The number of carbonyl (C=O) groups excluding carboxylic acids is 1. The van der Waals surface area contributed by atoms with E-state index < -0.39 is 0 Å². The number of benzene rings is 1. The van der Waals surface area contributed by atoms with Gasteiger partial charge in [0.05, 0.1) is 6.54 Å². The van der Waals surface area contributed by atoms with Crippen LogP contribution in [0.5, 0.6) is 0 Å². The molecule has 0 fully saturated rings. The van der Waals surface area contributed by atoms with Crippen molar-refractivity contribution < 1.29 is 4.79 Å². The third kappa shape index (κ3) is 4.60. The number of amides is 1. The van der Waals surface area contributed by atoms with E-state index in [-0.39, 0.29) is 5.91 Å². The topological polar surface area (TPSA) is 55.1 Å². The molecule has 0 saturated heterocycles. The zero-order chi connectivity index (χ0) is 13.4. The van der Waals surface area contributed by atoms with Crippen LogP contribution in [0.2, 0.25) is 0 Å². The van der Waals surface area contributed by atoms with Gasteiger partial charge in [0, 0.05) is 17.7 Å². The van der Waals surface area contributed by atoms with E-state index in [4.69, 9.17) is 5.73 Å². The Labute approximate surface area is 109 Å². The molecule has 0 aliphatic rings. The van der Waals surface area contributed by atoms with Crippen molar-refractivity contribution in [3.8, 4) is 11.8 Å². The molecule has 0 aliphatic heterocycles. The highest BCUT2D eigenvalue weighted by Crippen LogP contribution is 2.04. The predicted molar refractivity (Wildman–Crippen MR) is 74.2 cm³/mol. The van der Waals surface area contributed by atoms with E-state index in [1.165, 1.54) is 0 Å². The van der Waals surface area contributed by atoms with Gasteiger partial charge >= 0.3 is 0 Å². The Hall–Kier alpha value is -1.79. The monoisotopic (exact) mass is 244 g/mol. The number of hydrogen-bond donors (Lipinski definition) is 2. The van der Waals surface area contributed by atoms with Crippen LogP contribution in [0.25, 0.3) is 0 Å². The molecular weight excluding hydrogens is 224 g/mol. The second-order valence-corrected chi connectivity index (χ2v) is 4.31. The fourth-order valence-corrected chi connectivity index (χ4v) is 1.37. The Morgan fingerprint density at radius 1 is 1.39 bits per heavy atom. The van der Waals surface area contributed by atoms with Crippen LogP contribution in [0.1, 0.15) is 36.2 Å². The van der Waals surface area contributed by atoms with Crippen LogP contribution in [-0.2, 0) is 0 Å². The summed E-state index contributed by atoms with van der Waals surface area (Å²) in [6.07, 6.45) is 1.06. The second kappa shape index (κ2) is 7.52. The summed E-state index contributed by atoms with van der Waals surface area (Å²) in [5, 5.41) is 2.92. The Morgan fingerprint density at radius 3 is 2.61 bits per heavy atom. The first-order chi connectivity index (χ1) is 8.67. The zero-order valence-corrected chi connectivity index (χ0v) is 11.0. The molecule has 1 rings (SSSR count). The van der Waals surface area contributed by atoms with Gasteiger partial charge in [0.1, 0.15) is 0 Å². The molecule has 0 bridgehead atoms. The van der Waals surface area contributed by atoms with Crippen molar-refractivity contribution in [2.45, 2.75) is 20.3 Å². The molecule has 3 heteroatoms. The van der Waals surface area contributed by atoms with E-state index >= 15 is 0 Å². The fourth-order valence-electron chi connectivity index (χ4n) is 1.37. The molecule has 0 heterocycles. The van der Waals surface area contributed by atoms with Gasteiger partial charge in [0.25, 0.3) is 5.91 Å². The summed E-state index contributed by atoms with van der Waals surface area (Å²) >= 11 is 0. The number of carbonyl (C=O) groups is 1. The Bertz CT molecular complexity index is 440. The van der Waals surface area contributed by atoms with Gasteiger partial charge in [-0.2, -0.15) is 0 Å². The molecule has 0 saturated carbocycles. The van der Waals surface area contributed by atoms with Gasteiger partial charge in [-0.3, -0.25) is 4.79 Å². The molecule has 1 aromatic carbocycles. The lowest BCUT2D eigenvalue weighted by atomic mass is 10.1. The van der Waals surface area contributed by atoms with Crippen LogP contribution < -0.4 is 11.1 Å². The summed E-state index contributed by atoms with van der Waals surface area (Å²) < 4.78 is 0. The van der Waals surface area contributed by atoms with Crippen LogP contribution in [0.3, 0.4) is 0 Å². The lowest BCUT2D eigenvalue weighted by molar-refractivity contribution is 0.0948. The van der Waals surface area contributed by atoms with Gasteiger partial charge in [0.2, 0.25) is 0 Å². The maximum absolute atomic E-state index is 11.8. The zero-order valence-electron chi connectivity index (χ0n) is 11.0. The number of nitrogens with one attached hydrogen (secondary N) is 1. The molecule has 96 valence electrons. The first kappa shape index (κ1) is 14.3. The molecule has 1 atom stereocenters. The van der Waals surface area contributed by atoms with Crippen molar-refractivity contribution in [1.82, 2.24) is 5.32 Å². The van der Waals surface area contributed by atoms with Crippen LogP contribution in [0, 0.1) is 17.8 Å². The second-order valence-electron chi connectivity index (χ2n) is 4.31. The van der Waals surface area contributed by atoms with Gasteiger partial charge in [-0.05, 0) is 30.2 Å². The largest absolute Gasteiger partial charge is 0.352 e. The van der Waals surface area contributed by atoms with E-state index in [1.807, 2.05) is 12.1 Å². The highest BCUT2D eigenvalue weighted by molar-refractivity contribution is 5.94. The van der Waals surface area contributed by atoms with Crippen molar-refractivity contribution in [2.75, 3.05) is 13.1 Å². The highest BCUT2D eigenvalue weighted by atomic mass is 16.1. The standard InChI is InChI=1S/C15H20N2O/c1-3-12(2)11-17-15(18)14-8-6-13(7-9-14)5-4-10-16/h6-9,12H,3,10-11,16H2,1-2H3,(H,17,18). The molecule has 0 aromatic heterocycles. The predicted octanol–water partition coefficient (Wildman–Crippen LogP) is 1.77. The summed E-state index contributed by atoms with van der Waals surface area (Å²) in [7, 11) is 0. The third-order valence-electron chi connectivity index (χ3n) is 2.79. The maximum Gasteiger partial charge on any atom is 0.251 e. The summed E-state index contributed by atoms with van der Waals surface area (Å²) in [6, 6.07) is 7.24. The van der Waals surface area contributed by atoms with Crippen LogP contribution in [0.4, 0.5) is 0 Å². The molecule has 1 amide bonds. The SMILES string of the molecule is CCC(C)CNC(=O)c1ccc(C#CCN)cc1. The molecule has 0 radical (unpaired) electrons. The van der Waals surface area contributed by atoms with Gasteiger partial charge in [-0.1, -0.05) is 32.1 Å². The van der Waals surface area contributed by atoms with Crippen molar-refractivity contribution in [3.63, 3.8) is 0 Å². The molecule has 0 aliphatic carbocycles. The van der Waals surface area contributed by atoms with Crippen molar-refractivity contribution in [1.29, 1.82) is 0 Å². The van der Waals surface area contributed by atoms with Crippen molar-refractivity contribution in [2.24, 2.45) is 11.7 Å².